The number of halogens is 6. The molecule has 36 nitrogen and oxygen atoms in total. The summed E-state index contributed by atoms with van der Waals surface area (Å²) in [6.07, 6.45) is -29.2. The van der Waals surface area contributed by atoms with Gasteiger partial charge in [-0.2, -0.15) is 22.5 Å². The third kappa shape index (κ3) is 20.7. The highest BCUT2D eigenvalue weighted by Gasteiger charge is 2.53. The molecule has 3 unspecified atom stereocenters. The number of amides is 6. The van der Waals surface area contributed by atoms with E-state index in [1.54, 1.807) is 13.8 Å². The van der Waals surface area contributed by atoms with Gasteiger partial charge in [-0.3, -0.25) is 42.9 Å². The fourth-order valence-electron chi connectivity index (χ4n) is 15.6. The predicted octanol–water partition coefficient (Wildman–Crippen LogP) is 5.90. The Morgan fingerprint density at radius 3 is 2.01 bits per heavy atom. The van der Waals surface area contributed by atoms with Gasteiger partial charge in [0.25, 0.3) is 5.91 Å². The maximum atomic E-state index is 16.4. The second-order valence-electron chi connectivity index (χ2n) is 31.6. The Hall–Kier alpha value is -11.7. The Morgan fingerprint density at radius 1 is 0.754 bits per heavy atom. The van der Waals surface area contributed by atoms with E-state index in [4.69, 9.17) is 57.4 Å². The number of alkyl halides is 4. The van der Waals surface area contributed by atoms with Crippen LogP contribution in [0.15, 0.2) is 120 Å². The van der Waals surface area contributed by atoms with Crippen LogP contribution in [0.1, 0.15) is 142 Å². The summed E-state index contributed by atoms with van der Waals surface area (Å²) in [4.78, 5) is 149. The Morgan fingerprint density at radius 2 is 1.40 bits per heavy atom. The van der Waals surface area contributed by atoms with Gasteiger partial charge in [-0.25, -0.2) is 9.59 Å². The number of primary amides is 1. The molecule has 1 aromatic heterocycles. The first-order valence-corrected chi connectivity index (χ1v) is 40.3. The number of Topliss-reactive ketones (excluding diaryl/α,β-unsaturated/α-hetero) is 2. The summed E-state index contributed by atoms with van der Waals surface area (Å²) in [5.41, 5.74) is 0.559. The number of fused-ring (bicyclic) bond motifs is 15. The molecule has 7 aromatic rings. The molecular formula is C84H89Cl2F4N9O27. The second-order valence-corrected chi connectivity index (χ2v) is 32.5. The molecular weight excluding hydrogens is 1710 g/mol. The average Bonchev–Trinajstić information content (AvgIpc) is 0.768. The van der Waals surface area contributed by atoms with E-state index in [-0.39, 0.29) is 70.7 Å². The quantitative estimate of drug-likeness (QED) is 0.0351. The molecule has 7 aliphatic heterocycles. The van der Waals surface area contributed by atoms with Crippen LogP contribution in [0.2, 0.25) is 10.0 Å². The highest BCUT2D eigenvalue weighted by Crippen LogP contribution is 2.51. The molecule has 126 heavy (non-hydrogen) atoms. The molecule has 6 aromatic carbocycles. The van der Waals surface area contributed by atoms with Crippen molar-refractivity contribution in [2.45, 2.75) is 189 Å². The van der Waals surface area contributed by atoms with Crippen molar-refractivity contribution in [2.75, 3.05) is 18.5 Å². The number of hydrogen-bond donors (Lipinski definition) is 17. The average molecular weight is 1800 g/mol. The van der Waals surface area contributed by atoms with Crippen molar-refractivity contribution < 1.29 is 145 Å². The summed E-state index contributed by atoms with van der Waals surface area (Å²) >= 11 is 14.3. The van der Waals surface area contributed by atoms with Gasteiger partial charge in [0, 0.05) is 84.7 Å². The summed E-state index contributed by atoms with van der Waals surface area (Å²) in [5.74, 6) is -21.8. The Bertz CT molecular complexity index is 5410. The number of anilines is 1. The van der Waals surface area contributed by atoms with Crippen molar-refractivity contribution in [3.05, 3.63) is 169 Å². The van der Waals surface area contributed by atoms with Crippen molar-refractivity contribution in [3.8, 4) is 62.9 Å². The molecule has 0 aliphatic carbocycles. The van der Waals surface area contributed by atoms with Gasteiger partial charge in [-0.15, -0.1) is 0 Å². The van der Waals surface area contributed by atoms with E-state index in [9.17, 15) is 97.4 Å². The number of carboxylic acids is 1. The third-order valence-electron chi connectivity index (χ3n) is 22.2. The molecule has 42 heteroatoms. The number of aliphatic hydroxyl groups excluding tert-OH is 6. The number of ketones is 2. The first-order valence-electron chi connectivity index (χ1n) is 39.6. The second kappa shape index (κ2) is 38.7. The summed E-state index contributed by atoms with van der Waals surface area (Å²) in [7, 11) is 0. The maximum Gasteiger partial charge on any atom is 0.461 e. The van der Waals surface area contributed by atoms with E-state index in [2.05, 4.69) is 41.6 Å². The highest BCUT2D eigenvalue weighted by molar-refractivity contribution is 6.32. The number of phenols is 3. The number of aliphatic hydroxyl groups is 6. The molecule has 0 radical (unpaired) electrons. The van der Waals surface area contributed by atoms with Crippen molar-refractivity contribution in [2.24, 2.45) is 23.5 Å². The van der Waals surface area contributed by atoms with E-state index >= 15 is 19.2 Å². The normalized spacial score (nSPS) is 26.1. The van der Waals surface area contributed by atoms with Crippen LogP contribution in [0.5, 0.6) is 51.7 Å². The molecule has 2 saturated heterocycles. The zero-order valence-corrected chi connectivity index (χ0v) is 69.0. The van der Waals surface area contributed by atoms with Gasteiger partial charge in [0.05, 0.1) is 40.7 Å². The SMILES string of the molecule is CC[C@H](CC(C)C)C(=O)N[C@H]1C(=O)C[C@@H](CC(N)=O)C(=O)NC2C(=O)CC3C(=O)N[C@H](C(=O)N[C@@H](C(=O)O)c4cc(O)cc(O)c4-c4cc3ccc4O)[C@H](O)c3ccc(c(Cl)c3)Oc3cc2cc(c3OC2O[C@H](CO)[C@@H](O)[C@H](O)[C@H]2O[C@H]2C[C@](C)(NCCn3ccc(NC(=O)c4ccc(OC(F)(F)C(F)F)cc4)nc3=O)[C@H](O)[C@H](C)O2)Oc2ccc(cc2Cl)[C@H]1O. The molecule has 0 saturated carbocycles. The third-order valence-corrected chi connectivity index (χ3v) is 22.8. The monoisotopic (exact) mass is 1800 g/mol. The lowest BCUT2D eigenvalue weighted by Gasteiger charge is -2.48. The standard InChI is InChI=1S/C84H89Cl2F4N9O27/c1-6-36(21-34(2)3)74(112)97-65-52(104)25-42(28-59(91)106)76(114)95-63-41-26-56(121-54-15-10-39(67(65)107)23-48(54)85)71(57(27-41)122-55-16-11-40(24-49(55)86)68(108)66-78(116)96-64(79(117)118)47-29-43(101)30-51(103)62(47)46-22-38(9-14-50(46)102)45(31-53(63)105)77(115)98-66)125-80-72(70(110)69(109)58(33-100)123-80)124-61-32-83(5,73(111)35(4)120-61)92-18-20-99-19-17-60(94-82(99)119)93-75(113)37-7-12-44(13-8-37)126-84(89,90)81(87)88/h7-17,19,22-24,26-27,29-30,34-36,42,45,58,61,63-70,72-73,80-81,92,100-103,107-111H,6,18,20-21,25,28,31-33H2,1-5H3,(H2,91,106)(H,95,114)(H,96,116)(H,97,112)(H,98,115)(H,117,118)(H,93,94,113,119)/t35-,36+,42-,45?,58+,61-,63?,64+,65-,66-,67+,68+,69+,70-,72+,73+,80?,83-/m0/s1. The van der Waals surface area contributed by atoms with Crippen LogP contribution in [0.4, 0.5) is 23.4 Å². The van der Waals surface area contributed by atoms with Crippen LogP contribution >= 0.6 is 23.2 Å². The summed E-state index contributed by atoms with van der Waals surface area (Å²) in [6, 6.07) is 9.86. The highest BCUT2D eigenvalue weighted by atomic mass is 35.5. The van der Waals surface area contributed by atoms with Crippen LogP contribution in [0, 0.1) is 17.8 Å². The number of aliphatic carboxylic acids is 1. The van der Waals surface area contributed by atoms with Crippen LogP contribution in [-0.4, -0.2) is 206 Å². The number of rotatable bonds is 22. The topological polar surface area (TPSA) is 554 Å². The van der Waals surface area contributed by atoms with Gasteiger partial charge in [0.1, 0.15) is 89.0 Å². The lowest BCUT2D eigenvalue weighted by atomic mass is 9.84. The number of carbonyl (C=O) groups is 9. The van der Waals surface area contributed by atoms with Gasteiger partial charge in [-0.05, 0) is 140 Å². The van der Waals surface area contributed by atoms with E-state index in [1.165, 1.54) is 31.3 Å². The van der Waals surface area contributed by atoms with Crippen LogP contribution < -0.4 is 62.3 Å². The lowest BCUT2D eigenvalue weighted by Crippen LogP contribution is -2.65. The van der Waals surface area contributed by atoms with Crippen molar-refractivity contribution in [1.29, 1.82) is 0 Å². The summed E-state index contributed by atoms with van der Waals surface area (Å²) in [6.45, 7) is 7.07. The van der Waals surface area contributed by atoms with Crippen molar-refractivity contribution in [1.82, 2.24) is 36.1 Å². The van der Waals surface area contributed by atoms with E-state index < -0.39 is 279 Å². The number of carbonyl (C=O) groups excluding carboxylic acids is 8. The number of nitrogens with zero attached hydrogens (tertiary/aromatic N) is 2. The molecule has 2 fully saturated rings. The smallest absolute Gasteiger partial charge is 0.461 e. The first kappa shape index (κ1) is 93.5. The Labute approximate surface area is 723 Å². The molecule has 6 amide bonds. The summed E-state index contributed by atoms with van der Waals surface area (Å²) in [5, 5.41) is 131. The number of aromatic hydroxyl groups is 3. The fourth-order valence-corrected chi connectivity index (χ4v) is 16.0. The van der Waals surface area contributed by atoms with Gasteiger partial charge in [0.15, 0.2) is 41.5 Å². The maximum absolute atomic E-state index is 16.4. The number of nitrogens with two attached hydrogens (primary N) is 1. The molecule has 11 bridgehead atoms. The minimum absolute atomic E-state index is 0.0572. The molecule has 18 atom stereocenters. The molecule has 18 N–H and O–H groups in total. The predicted molar refractivity (Wildman–Crippen MR) is 431 cm³/mol. The zero-order valence-electron chi connectivity index (χ0n) is 67.5. The van der Waals surface area contributed by atoms with Gasteiger partial charge >= 0.3 is 24.2 Å². The van der Waals surface area contributed by atoms with Crippen LogP contribution in [0.3, 0.4) is 0 Å². The number of aromatic nitrogens is 2. The van der Waals surface area contributed by atoms with Crippen molar-refractivity contribution >= 4 is 82.0 Å². The number of ether oxygens (including phenoxy) is 7. The van der Waals surface area contributed by atoms with Crippen LogP contribution in [0.25, 0.3) is 11.1 Å². The Balaban J connectivity index is 0.971. The summed E-state index contributed by atoms with van der Waals surface area (Å²) < 4.78 is 96.9. The van der Waals surface area contributed by atoms with Gasteiger partial charge in [0.2, 0.25) is 41.6 Å². The lowest BCUT2D eigenvalue weighted by molar-refractivity contribution is -0.334. The van der Waals surface area contributed by atoms with E-state index in [0.29, 0.717) is 6.42 Å². The van der Waals surface area contributed by atoms with Crippen LogP contribution in [-0.2, 0) is 59.1 Å². The molecule has 14 rings (SSSR count). The number of carboxylic acid groups (broad SMARTS) is 1. The van der Waals surface area contributed by atoms with Gasteiger partial charge < -0.3 is 122 Å². The molecule has 8 heterocycles. The minimum atomic E-state index is -4.82. The number of benzene rings is 6. The minimum Gasteiger partial charge on any atom is -0.508 e. The first-order chi connectivity index (χ1) is 59.5. The fraction of sp³-hybridized carbons (Fsp3) is 0.417. The van der Waals surface area contributed by atoms with Crippen molar-refractivity contribution in [3.63, 3.8) is 0 Å². The molecule has 674 valence electrons. The Kier molecular flexibility index (Phi) is 28.7. The largest absolute Gasteiger partial charge is 0.508 e. The molecule has 0 spiro atoms. The number of phenolic OH excluding ortho intramolecular Hbond substituents is 3. The zero-order chi connectivity index (χ0) is 91.6. The van der Waals surface area contributed by atoms with E-state index in [1.807, 2.05) is 13.8 Å². The number of hydrogen-bond acceptors (Lipinski definition) is 28. The van der Waals surface area contributed by atoms with Gasteiger partial charge in [-0.1, -0.05) is 62.2 Å². The number of nitrogens with one attached hydrogen (secondary N) is 6. The van der Waals surface area contributed by atoms with E-state index in [0.717, 1.165) is 95.6 Å². The molecule has 7 aliphatic rings.